The monoisotopic (exact) mass is 390 g/mol. The maximum atomic E-state index is 6.05. The van der Waals surface area contributed by atoms with Gasteiger partial charge in [-0.15, -0.1) is 11.3 Å². The third kappa shape index (κ3) is 4.21. The van der Waals surface area contributed by atoms with E-state index < -0.39 is 0 Å². The lowest BCUT2D eigenvalue weighted by molar-refractivity contribution is 0.778. The number of rotatable bonds is 4. The first-order chi connectivity index (χ1) is 13.2. The first-order valence-corrected chi connectivity index (χ1v) is 10.0. The minimum Gasteiger partial charge on any atom is -0.312 e. The number of hydrogen-bond acceptors (Lipinski definition) is 2. The van der Waals surface area contributed by atoms with Crippen LogP contribution in [0.5, 0.6) is 0 Å². The summed E-state index contributed by atoms with van der Waals surface area (Å²) < 4.78 is 2.27. The molecule has 0 amide bonds. The minimum absolute atomic E-state index is 0.746. The maximum absolute atomic E-state index is 6.05. The van der Waals surface area contributed by atoms with Crippen LogP contribution in [0.2, 0.25) is 5.02 Å². The van der Waals surface area contributed by atoms with Crippen molar-refractivity contribution in [2.45, 2.75) is 13.5 Å². The molecule has 4 rings (SSSR count). The van der Waals surface area contributed by atoms with Crippen molar-refractivity contribution < 1.29 is 0 Å². The van der Waals surface area contributed by atoms with Crippen LogP contribution in [0.3, 0.4) is 0 Å². The van der Waals surface area contributed by atoms with Gasteiger partial charge in [-0.2, -0.15) is 0 Å². The van der Waals surface area contributed by atoms with E-state index >= 15 is 0 Å². The Morgan fingerprint density at radius 1 is 0.889 bits per heavy atom. The van der Waals surface area contributed by atoms with Crippen molar-refractivity contribution in [2.75, 3.05) is 0 Å². The molecular weight excluding hydrogens is 372 g/mol. The molecule has 27 heavy (non-hydrogen) atoms. The Balaban J connectivity index is 1.83. The predicted molar refractivity (Wildman–Crippen MR) is 115 cm³/mol. The Bertz CT molecular complexity index is 1090. The van der Waals surface area contributed by atoms with Crippen LogP contribution in [0.25, 0.3) is 11.3 Å². The van der Waals surface area contributed by atoms with Gasteiger partial charge in [-0.05, 0) is 42.3 Å². The Morgan fingerprint density at radius 2 is 1.59 bits per heavy atom. The van der Waals surface area contributed by atoms with E-state index in [1.54, 1.807) is 11.3 Å². The first kappa shape index (κ1) is 17.8. The van der Waals surface area contributed by atoms with Crippen molar-refractivity contribution in [3.8, 4) is 11.3 Å². The van der Waals surface area contributed by atoms with Gasteiger partial charge in [0.05, 0.1) is 17.9 Å². The molecule has 0 saturated carbocycles. The largest absolute Gasteiger partial charge is 0.312 e. The average molecular weight is 391 g/mol. The molecule has 4 aromatic rings. The fourth-order valence-corrected chi connectivity index (χ4v) is 3.97. The lowest BCUT2D eigenvalue weighted by Crippen LogP contribution is -2.16. The number of aryl methyl sites for hydroxylation is 1. The summed E-state index contributed by atoms with van der Waals surface area (Å²) in [5.41, 5.74) is 5.78. The second-order valence-electron chi connectivity index (χ2n) is 6.43. The third-order valence-electron chi connectivity index (χ3n) is 4.38. The van der Waals surface area contributed by atoms with Crippen molar-refractivity contribution in [3.05, 3.63) is 105 Å². The van der Waals surface area contributed by atoms with Gasteiger partial charge in [-0.1, -0.05) is 71.8 Å². The zero-order chi connectivity index (χ0) is 18.6. The minimum atomic E-state index is 0.746. The summed E-state index contributed by atoms with van der Waals surface area (Å²) in [5, 5.41) is 2.93. The van der Waals surface area contributed by atoms with Gasteiger partial charge in [0.15, 0.2) is 4.80 Å². The summed E-state index contributed by atoms with van der Waals surface area (Å²) in [6.07, 6.45) is 0. The lowest BCUT2D eigenvalue weighted by Gasteiger charge is -2.10. The van der Waals surface area contributed by atoms with E-state index in [4.69, 9.17) is 16.6 Å². The van der Waals surface area contributed by atoms with Crippen molar-refractivity contribution in [1.29, 1.82) is 0 Å². The lowest BCUT2D eigenvalue weighted by atomic mass is 10.1. The fraction of sp³-hybridized carbons (Fsp3) is 0.0870. The SMILES string of the molecule is Cc1ccc(-c2csc(=Nc3ccccc3)n2Cc2ccc(Cl)cc2)cc1. The molecule has 0 aliphatic rings. The zero-order valence-electron chi connectivity index (χ0n) is 15.0. The van der Waals surface area contributed by atoms with Crippen LogP contribution in [-0.4, -0.2) is 4.57 Å². The van der Waals surface area contributed by atoms with E-state index in [2.05, 4.69) is 53.3 Å². The molecule has 1 heterocycles. The molecule has 3 aromatic carbocycles. The highest BCUT2D eigenvalue weighted by Gasteiger charge is 2.09. The van der Waals surface area contributed by atoms with Crippen LogP contribution in [0.4, 0.5) is 5.69 Å². The molecule has 0 radical (unpaired) electrons. The van der Waals surface area contributed by atoms with Gasteiger partial charge in [0.2, 0.25) is 0 Å². The van der Waals surface area contributed by atoms with Crippen LogP contribution in [0.15, 0.2) is 89.2 Å². The molecular formula is C23H19ClN2S. The van der Waals surface area contributed by atoms with E-state index in [1.807, 2.05) is 42.5 Å². The Hall–Kier alpha value is -2.62. The standard InChI is InChI=1S/C23H19ClN2S/c1-17-7-11-19(12-8-17)22-16-27-23(25-21-5-3-2-4-6-21)26(22)15-18-9-13-20(24)14-10-18/h2-14,16H,15H2,1H3. The second kappa shape index (κ2) is 7.95. The van der Waals surface area contributed by atoms with Gasteiger partial charge in [0.25, 0.3) is 0 Å². The molecule has 0 fully saturated rings. The summed E-state index contributed by atoms with van der Waals surface area (Å²) >= 11 is 7.71. The Labute approximate surface area is 168 Å². The zero-order valence-corrected chi connectivity index (χ0v) is 16.5. The van der Waals surface area contributed by atoms with E-state index in [1.165, 1.54) is 22.4 Å². The molecule has 0 atom stereocenters. The maximum Gasteiger partial charge on any atom is 0.190 e. The molecule has 1 aromatic heterocycles. The Kier molecular flexibility index (Phi) is 5.23. The van der Waals surface area contributed by atoms with Crippen LogP contribution in [-0.2, 0) is 6.54 Å². The van der Waals surface area contributed by atoms with Crippen molar-refractivity contribution in [2.24, 2.45) is 4.99 Å². The average Bonchev–Trinajstić information content (AvgIpc) is 3.07. The van der Waals surface area contributed by atoms with Gasteiger partial charge in [-0.3, -0.25) is 0 Å². The highest BCUT2D eigenvalue weighted by atomic mass is 35.5. The fourth-order valence-electron chi connectivity index (χ4n) is 2.91. The van der Waals surface area contributed by atoms with Crippen molar-refractivity contribution in [1.82, 2.24) is 4.57 Å². The summed E-state index contributed by atoms with van der Waals surface area (Å²) in [6.45, 7) is 2.85. The van der Waals surface area contributed by atoms with Crippen LogP contribution < -0.4 is 4.80 Å². The molecule has 0 aliphatic heterocycles. The van der Waals surface area contributed by atoms with Gasteiger partial charge in [-0.25, -0.2) is 4.99 Å². The van der Waals surface area contributed by atoms with E-state index in [0.717, 1.165) is 22.1 Å². The van der Waals surface area contributed by atoms with E-state index in [0.29, 0.717) is 0 Å². The van der Waals surface area contributed by atoms with Crippen LogP contribution in [0, 0.1) is 6.92 Å². The quantitative estimate of drug-likeness (QED) is 0.380. The number of nitrogens with zero attached hydrogens (tertiary/aromatic N) is 2. The van der Waals surface area contributed by atoms with Crippen molar-refractivity contribution >= 4 is 28.6 Å². The number of para-hydroxylation sites is 1. The Morgan fingerprint density at radius 3 is 2.30 bits per heavy atom. The first-order valence-electron chi connectivity index (χ1n) is 8.79. The van der Waals surface area contributed by atoms with E-state index in [-0.39, 0.29) is 0 Å². The molecule has 0 N–H and O–H groups in total. The molecule has 134 valence electrons. The van der Waals surface area contributed by atoms with Gasteiger partial charge < -0.3 is 4.57 Å². The molecule has 0 unspecified atom stereocenters. The third-order valence-corrected chi connectivity index (χ3v) is 5.50. The van der Waals surface area contributed by atoms with Crippen molar-refractivity contribution in [3.63, 3.8) is 0 Å². The van der Waals surface area contributed by atoms with Crippen LogP contribution >= 0.6 is 22.9 Å². The highest BCUT2D eigenvalue weighted by Crippen LogP contribution is 2.23. The molecule has 0 aliphatic carbocycles. The molecule has 2 nitrogen and oxygen atoms in total. The summed E-state index contributed by atoms with van der Waals surface area (Å²) in [5.74, 6) is 0. The smallest absolute Gasteiger partial charge is 0.190 e. The molecule has 0 spiro atoms. The van der Waals surface area contributed by atoms with Gasteiger partial charge >= 0.3 is 0 Å². The summed E-state index contributed by atoms with van der Waals surface area (Å²) in [6, 6.07) is 26.7. The summed E-state index contributed by atoms with van der Waals surface area (Å²) in [7, 11) is 0. The molecule has 4 heteroatoms. The topological polar surface area (TPSA) is 17.3 Å². The molecule has 0 bridgehead atoms. The van der Waals surface area contributed by atoms with Crippen LogP contribution in [0.1, 0.15) is 11.1 Å². The predicted octanol–water partition coefficient (Wildman–Crippen LogP) is 6.46. The number of aromatic nitrogens is 1. The van der Waals surface area contributed by atoms with E-state index in [9.17, 15) is 0 Å². The van der Waals surface area contributed by atoms with Gasteiger partial charge in [0, 0.05) is 10.4 Å². The molecule has 0 saturated heterocycles. The second-order valence-corrected chi connectivity index (χ2v) is 7.70. The number of thiazole rings is 1. The summed E-state index contributed by atoms with van der Waals surface area (Å²) in [4.78, 5) is 5.85. The number of benzene rings is 3. The highest BCUT2D eigenvalue weighted by molar-refractivity contribution is 7.07. The number of halogens is 1. The normalized spacial score (nSPS) is 11.7. The number of hydrogen-bond donors (Lipinski definition) is 0. The van der Waals surface area contributed by atoms with Gasteiger partial charge in [0.1, 0.15) is 0 Å².